The molecular formula is C26H32B2N4O8. The summed E-state index contributed by atoms with van der Waals surface area (Å²) in [5, 5.41) is 49.1. The van der Waals surface area contributed by atoms with E-state index in [0.717, 1.165) is 35.7 Å². The van der Waals surface area contributed by atoms with Gasteiger partial charge in [0.25, 0.3) is 5.79 Å². The molecule has 6 N–H and O–H groups in total. The van der Waals surface area contributed by atoms with Crippen LogP contribution in [0, 0.1) is 5.92 Å². The van der Waals surface area contributed by atoms with Gasteiger partial charge in [0.1, 0.15) is 21.5 Å². The molecule has 1 amide bonds. The molecule has 210 valence electrons. The Morgan fingerprint density at radius 3 is 2.40 bits per heavy atom. The summed E-state index contributed by atoms with van der Waals surface area (Å²) in [6.45, 7) is 3.05. The molecule has 1 aliphatic carbocycles. The van der Waals surface area contributed by atoms with Crippen LogP contribution < -0.4 is 15.1 Å². The smallest absolute Gasteiger partial charge is 0.334 e. The molecule has 1 saturated heterocycles. The lowest BCUT2D eigenvalue weighted by Gasteiger charge is -2.46. The number of anilines is 4. The zero-order chi connectivity index (χ0) is 28.7. The first-order valence-electron chi connectivity index (χ1n) is 13.2. The lowest BCUT2D eigenvalue weighted by atomic mass is 9.59. The van der Waals surface area contributed by atoms with Gasteiger partial charge in [0.2, 0.25) is 5.91 Å². The minimum Gasteiger partial charge on any atom is -0.403 e. The van der Waals surface area contributed by atoms with Gasteiger partial charge in [-0.1, -0.05) is 6.07 Å². The Labute approximate surface area is 234 Å². The summed E-state index contributed by atoms with van der Waals surface area (Å²) in [6.07, 6.45) is 1.84. The molecule has 2 aliphatic heterocycles. The zero-order valence-corrected chi connectivity index (χ0v) is 21.9. The van der Waals surface area contributed by atoms with Gasteiger partial charge in [-0.15, -0.1) is 0 Å². The van der Waals surface area contributed by atoms with Crippen LogP contribution in [-0.2, 0) is 20.8 Å². The van der Waals surface area contributed by atoms with E-state index in [1.54, 1.807) is 11.1 Å². The van der Waals surface area contributed by atoms with E-state index in [2.05, 4.69) is 15.2 Å². The van der Waals surface area contributed by atoms with E-state index in [4.69, 9.17) is 25.2 Å². The van der Waals surface area contributed by atoms with Crippen LogP contribution in [0.2, 0.25) is 0 Å². The van der Waals surface area contributed by atoms with E-state index in [1.807, 2.05) is 30.3 Å². The number of amides is 1. The minimum atomic E-state index is -3.94. The average molecular weight is 550 g/mol. The minimum absolute atomic E-state index is 0.109. The van der Waals surface area contributed by atoms with Crippen molar-refractivity contribution in [2.45, 2.75) is 55.5 Å². The van der Waals surface area contributed by atoms with Crippen molar-refractivity contribution in [3.63, 3.8) is 0 Å². The van der Waals surface area contributed by atoms with Gasteiger partial charge in [-0.3, -0.25) is 4.79 Å². The van der Waals surface area contributed by atoms with E-state index in [0.29, 0.717) is 38.4 Å². The molecule has 1 unspecified atom stereocenters. The molecule has 3 heterocycles. The van der Waals surface area contributed by atoms with Crippen molar-refractivity contribution in [1.29, 1.82) is 0 Å². The highest BCUT2D eigenvalue weighted by Gasteiger charge is 2.59. The summed E-state index contributed by atoms with van der Waals surface area (Å²) in [5.41, 5.74) is 3.31. The number of nitrogens with one attached hydrogen (secondary N) is 1. The summed E-state index contributed by atoms with van der Waals surface area (Å²) >= 11 is 0. The lowest BCUT2D eigenvalue weighted by Crippen LogP contribution is -2.71. The van der Waals surface area contributed by atoms with Gasteiger partial charge in [0.05, 0.1) is 37.2 Å². The second-order valence-corrected chi connectivity index (χ2v) is 10.6. The monoisotopic (exact) mass is 550 g/mol. The van der Waals surface area contributed by atoms with Crippen LogP contribution in [0.3, 0.4) is 0 Å². The summed E-state index contributed by atoms with van der Waals surface area (Å²) < 4.78 is 10.7. The molecule has 4 radical (unpaired) electrons. The quantitative estimate of drug-likeness (QED) is 0.201. The van der Waals surface area contributed by atoms with E-state index < -0.39 is 29.2 Å². The predicted octanol–water partition coefficient (Wildman–Crippen LogP) is -0.614. The molecule has 5 rings (SSSR count). The molecule has 1 atom stereocenters. The highest BCUT2D eigenvalue weighted by Crippen LogP contribution is 2.41. The molecule has 0 spiro atoms. The fourth-order valence-electron chi connectivity index (χ4n) is 5.46. The Morgan fingerprint density at radius 1 is 1.05 bits per heavy atom. The summed E-state index contributed by atoms with van der Waals surface area (Å²) in [7, 11) is 10.5. The number of rotatable bonds is 6. The lowest BCUT2D eigenvalue weighted by molar-refractivity contribution is -0.478. The Hall–Kier alpha value is -2.71. The Balaban J connectivity index is 1.37. The number of nitrogens with zero attached hydrogens (tertiary/aromatic N) is 3. The highest BCUT2D eigenvalue weighted by molar-refractivity contribution is 6.39. The first-order chi connectivity index (χ1) is 18.9. The zero-order valence-electron chi connectivity index (χ0n) is 21.9. The van der Waals surface area contributed by atoms with E-state index in [-0.39, 0.29) is 18.7 Å². The molecule has 1 aromatic carbocycles. The fraction of sp³-hybridized carbons (Fsp3) is 0.538. The third kappa shape index (κ3) is 5.57. The van der Waals surface area contributed by atoms with Crippen LogP contribution in [0.25, 0.3) is 0 Å². The van der Waals surface area contributed by atoms with Gasteiger partial charge in [-0.05, 0) is 49.9 Å². The third-order valence-electron chi connectivity index (χ3n) is 7.75. The van der Waals surface area contributed by atoms with Gasteiger partial charge < -0.3 is 50.1 Å². The number of hydrogen-bond acceptors (Lipinski definition) is 11. The van der Waals surface area contributed by atoms with Gasteiger partial charge in [-0.2, -0.15) is 0 Å². The molecule has 2 fully saturated rings. The molecule has 1 saturated carbocycles. The Kier molecular flexibility index (Phi) is 7.87. The Bertz CT molecular complexity index is 1210. The van der Waals surface area contributed by atoms with Gasteiger partial charge >= 0.3 is 5.97 Å². The maximum Gasteiger partial charge on any atom is 0.334 e. The number of benzene rings is 1. The van der Waals surface area contributed by atoms with Crippen LogP contribution in [0.1, 0.15) is 31.2 Å². The molecular weight excluding hydrogens is 518 g/mol. The highest BCUT2D eigenvalue weighted by atomic mass is 16.8. The first kappa shape index (κ1) is 28.8. The van der Waals surface area contributed by atoms with E-state index >= 15 is 0 Å². The largest absolute Gasteiger partial charge is 0.403 e. The number of aromatic nitrogens is 1. The molecule has 40 heavy (non-hydrogen) atoms. The number of pyridine rings is 1. The summed E-state index contributed by atoms with van der Waals surface area (Å²) in [5.74, 6) is -7.29. The molecule has 12 nitrogen and oxygen atoms in total. The molecule has 0 bridgehead atoms. The fourth-order valence-corrected chi connectivity index (χ4v) is 5.46. The van der Waals surface area contributed by atoms with Crippen molar-refractivity contribution in [2.75, 3.05) is 41.4 Å². The number of morpholine rings is 1. The van der Waals surface area contributed by atoms with Gasteiger partial charge in [0, 0.05) is 41.9 Å². The van der Waals surface area contributed by atoms with Gasteiger partial charge in [-0.25, -0.2) is 4.98 Å². The van der Waals surface area contributed by atoms with Crippen LogP contribution in [0.5, 0.6) is 0 Å². The molecule has 14 heteroatoms. The van der Waals surface area contributed by atoms with Crippen molar-refractivity contribution in [2.24, 2.45) is 5.92 Å². The summed E-state index contributed by atoms with van der Waals surface area (Å²) in [4.78, 5) is 22.5. The first-order valence-corrected chi connectivity index (χ1v) is 13.2. The Morgan fingerprint density at radius 2 is 1.75 bits per heavy atom. The van der Waals surface area contributed by atoms with E-state index in [9.17, 15) is 30.3 Å². The third-order valence-corrected chi connectivity index (χ3v) is 7.75. The van der Waals surface area contributed by atoms with Crippen LogP contribution >= 0.6 is 0 Å². The average Bonchev–Trinajstić information content (AvgIpc) is 3.08. The van der Waals surface area contributed by atoms with Crippen LogP contribution in [-0.4, -0.2) is 102 Å². The van der Waals surface area contributed by atoms with Crippen LogP contribution in [0.15, 0.2) is 36.5 Å². The number of hydrogen-bond donors (Lipinski definition) is 6. The second kappa shape index (κ2) is 10.9. The van der Waals surface area contributed by atoms with Crippen molar-refractivity contribution in [1.82, 2.24) is 4.98 Å². The number of ether oxygens (including phenoxy) is 2. The van der Waals surface area contributed by atoms with Crippen LogP contribution in [0.4, 0.5) is 22.9 Å². The summed E-state index contributed by atoms with van der Waals surface area (Å²) in [6, 6.07) is 9.70. The second-order valence-electron chi connectivity index (χ2n) is 10.6. The number of carbonyl (C=O) groups is 1. The number of fused-ring (bicyclic) bond motifs is 2. The maximum absolute atomic E-state index is 14.0. The molecule has 2 aromatic rings. The van der Waals surface area contributed by atoms with Crippen molar-refractivity contribution in [3.8, 4) is 0 Å². The predicted molar refractivity (Wildman–Crippen MR) is 146 cm³/mol. The van der Waals surface area contributed by atoms with E-state index in [1.165, 1.54) is 0 Å². The van der Waals surface area contributed by atoms with Gasteiger partial charge in [0.15, 0.2) is 0 Å². The van der Waals surface area contributed by atoms with Crippen molar-refractivity contribution in [3.05, 3.63) is 42.1 Å². The van der Waals surface area contributed by atoms with Crippen molar-refractivity contribution >= 4 is 44.5 Å². The molecule has 3 aliphatic rings. The SMILES string of the molecule is [B]C([B])(O)C(O)(OC1CCC(C(=O)N2Cc3cccnc3Nc3ccc(N4CCOCC4)cc32)CC1)C(O)(O)O. The molecule has 1 aromatic heterocycles. The topological polar surface area (TPSA) is 168 Å². The number of aliphatic hydroxyl groups is 5. The number of carbonyl (C=O) groups excluding carboxylic acids is 1. The standard InChI is InChI=1S/C26H32B2N4O8/c27-25(28,35)24(34,26(36,37)38)40-19-6-3-16(4-7-19)23(33)32-15-17-2-1-9-29-22(17)30-20-8-5-18(14-21(20)32)31-10-12-39-13-11-31/h1-2,5,8-9,14,16,19,34-38H,3-4,6-7,10-13,15H2,(H,29,30). The maximum atomic E-state index is 14.0. The van der Waals surface area contributed by atoms with Crippen molar-refractivity contribution < 1.29 is 39.8 Å². The normalized spacial score (nSPS) is 23.3.